The van der Waals surface area contributed by atoms with Gasteiger partial charge in [-0.15, -0.1) is 0 Å². The number of aliphatic hydroxyl groups excluding tert-OH is 1. The summed E-state index contributed by atoms with van der Waals surface area (Å²) in [6.45, 7) is 1.15. The number of ether oxygens (including phenoxy) is 2. The number of aliphatic hydroxyl groups is 1. The molecule has 1 amide bonds. The molecule has 2 heterocycles. The number of nitrogens with zero attached hydrogens (tertiary/aromatic N) is 3. The molecule has 2 atom stereocenters. The topological polar surface area (TPSA) is 96.8 Å². The summed E-state index contributed by atoms with van der Waals surface area (Å²) in [5.74, 6) is 1.49. The number of carbonyl (C=O) groups excluding carboxylic acids is 1. The second kappa shape index (κ2) is 8.01. The van der Waals surface area contributed by atoms with E-state index in [1.807, 2.05) is 11.0 Å². The quantitative estimate of drug-likeness (QED) is 0.785. The van der Waals surface area contributed by atoms with E-state index < -0.39 is 0 Å². The molecule has 138 valence electrons. The summed E-state index contributed by atoms with van der Waals surface area (Å²) in [5, 5.41) is 12.7. The monoisotopic (exact) mass is 358 g/mol. The van der Waals surface area contributed by atoms with E-state index in [1.165, 1.54) is 13.4 Å². The Hall–Kier alpha value is -2.87. The zero-order valence-electron chi connectivity index (χ0n) is 14.8. The number of methoxy groups -OCH3 is 2. The minimum Gasteiger partial charge on any atom is -0.497 e. The molecular formula is C18H22N4O4. The smallest absolute Gasteiger partial charge is 0.255 e. The van der Waals surface area contributed by atoms with Crippen molar-refractivity contribution in [1.29, 1.82) is 0 Å². The second-order valence-electron chi connectivity index (χ2n) is 6.06. The van der Waals surface area contributed by atoms with Crippen LogP contribution in [0.15, 0.2) is 36.8 Å². The van der Waals surface area contributed by atoms with Crippen molar-refractivity contribution in [1.82, 2.24) is 15.3 Å². The number of hydrogen-bond acceptors (Lipinski definition) is 7. The molecule has 1 aliphatic heterocycles. The van der Waals surface area contributed by atoms with Gasteiger partial charge in [0, 0.05) is 37.9 Å². The fourth-order valence-corrected chi connectivity index (χ4v) is 3.11. The minimum atomic E-state index is -0.252. The number of aromatic nitrogens is 2. The highest BCUT2D eigenvalue weighted by molar-refractivity contribution is 5.97. The first kappa shape index (κ1) is 17.9. The molecule has 0 saturated carbocycles. The lowest BCUT2D eigenvalue weighted by Crippen LogP contribution is -2.41. The average molecular weight is 358 g/mol. The maximum absolute atomic E-state index is 12.7. The SMILES string of the molecule is COc1ccc(C(=O)N[C@@H]2CN(c3ccncn3)C[C@H]2CO)c(OC)c1. The van der Waals surface area contributed by atoms with Gasteiger partial charge in [-0.3, -0.25) is 4.79 Å². The Bertz CT molecular complexity index is 756. The highest BCUT2D eigenvalue weighted by Crippen LogP contribution is 2.26. The largest absolute Gasteiger partial charge is 0.497 e. The van der Waals surface area contributed by atoms with Crippen LogP contribution < -0.4 is 19.7 Å². The highest BCUT2D eigenvalue weighted by Gasteiger charge is 2.34. The predicted octanol–water partition coefficient (Wildman–Crippen LogP) is 0.721. The van der Waals surface area contributed by atoms with Gasteiger partial charge in [0.15, 0.2) is 0 Å². The molecule has 3 rings (SSSR count). The molecule has 0 aliphatic carbocycles. The van der Waals surface area contributed by atoms with Crippen molar-refractivity contribution in [3.05, 3.63) is 42.4 Å². The first-order valence-electron chi connectivity index (χ1n) is 8.31. The molecule has 1 fully saturated rings. The number of hydrogen-bond donors (Lipinski definition) is 2. The third kappa shape index (κ3) is 3.70. The summed E-state index contributed by atoms with van der Waals surface area (Å²) in [4.78, 5) is 22.9. The second-order valence-corrected chi connectivity index (χ2v) is 6.06. The van der Waals surface area contributed by atoms with Crippen molar-refractivity contribution < 1.29 is 19.4 Å². The Balaban J connectivity index is 1.74. The van der Waals surface area contributed by atoms with Gasteiger partial charge in [0.25, 0.3) is 5.91 Å². The van der Waals surface area contributed by atoms with Crippen LogP contribution in [0.5, 0.6) is 11.5 Å². The molecule has 0 radical (unpaired) electrons. The molecule has 1 aromatic heterocycles. The summed E-state index contributed by atoms with van der Waals surface area (Å²) in [6.07, 6.45) is 3.15. The van der Waals surface area contributed by atoms with Crippen molar-refractivity contribution in [3.8, 4) is 11.5 Å². The van der Waals surface area contributed by atoms with Crippen molar-refractivity contribution in [2.45, 2.75) is 6.04 Å². The Labute approximate surface area is 151 Å². The molecule has 0 bridgehead atoms. The van der Waals surface area contributed by atoms with Crippen molar-refractivity contribution in [3.63, 3.8) is 0 Å². The van der Waals surface area contributed by atoms with Crippen LogP contribution in [0, 0.1) is 5.92 Å². The molecular weight excluding hydrogens is 336 g/mol. The molecule has 0 spiro atoms. The third-order valence-corrected chi connectivity index (χ3v) is 4.54. The number of amides is 1. The first-order chi connectivity index (χ1) is 12.7. The fraction of sp³-hybridized carbons (Fsp3) is 0.389. The molecule has 1 aliphatic rings. The van der Waals surface area contributed by atoms with Gasteiger partial charge in [0.2, 0.25) is 0 Å². The molecule has 8 heteroatoms. The molecule has 2 N–H and O–H groups in total. The van der Waals surface area contributed by atoms with E-state index in [4.69, 9.17) is 9.47 Å². The van der Waals surface area contributed by atoms with E-state index in [0.29, 0.717) is 30.2 Å². The Kier molecular flexibility index (Phi) is 5.52. The maximum Gasteiger partial charge on any atom is 0.255 e. The zero-order chi connectivity index (χ0) is 18.5. The molecule has 1 saturated heterocycles. The van der Waals surface area contributed by atoms with Crippen LogP contribution in [-0.2, 0) is 0 Å². The van der Waals surface area contributed by atoms with Crippen molar-refractivity contribution >= 4 is 11.7 Å². The van der Waals surface area contributed by atoms with Crippen LogP contribution in [-0.4, -0.2) is 60.9 Å². The van der Waals surface area contributed by atoms with Gasteiger partial charge < -0.3 is 24.8 Å². The number of carbonyl (C=O) groups is 1. The Morgan fingerprint density at radius 2 is 2.15 bits per heavy atom. The maximum atomic E-state index is 12.7. The molecule has 26 heavy (non-hydrogen) atoms. The van der Waals surface area contributed by atoms with Gasteiger partial charge in [-0.2, -0.15) is 0 Å². The average Bonchev–Trinajstić information content (AvgIpc) is 3.10. The summed E-state index contributed by atoms with van der Waals surface area (Å²) in [6, 6.07) is 6.65. The van der Waals surface area contributed by atoms with Gasteiger partial charge in [-0.25, -0.2) is 9.97 Å². The zero-order valence-corrected chi connectivity index (χ0v) is 14.8. The van der Waals surface area contributed by atoms with Crippen molar-refractivity contribution in [2.75, 3.05) is 38.8 Å². The summed E-state index contributed by atoms with van der Waals surface area (Å²) in [5.41, 5.74) is 0.422. The van der Waals surface area contributed by atoms with E-state index in [2.05, 4.69) is 15.3 Å². The summed E-state index contributed by atoms with van der Waals surface area (Å²) >= 11 is 0. The van der Waals surface area contributed by atoms with Crippen LogP contribution in [0.25, 0.3) is 0 Å². The van der Waals surface area contributed by atoms with Crippen LogP contribution in [0.3, 0.4) is 0 Å². The van der Waals surface area contributed by atoms with Crippen molar-refractivity contribution in [2.24, 2.45) is 5.92 Å². The number of benzene rings is 1. The van der Waals surface area contributed by atoms with Gasteiger partial charge in [0.1, 0.15) is 23.6 Å². The Morgan fingerprint density at radius 1 is 1.31 bits per heavy atom. The molecule has 1 aromatic carbocycles. The first-order valence-corrected chi connectivity index (χ1v) is 8.31. The molecule has 8 nitrogen and oxygen atoms in total. The van der Waals surface area contributed by atoms with Crippen LogP contribution in [0.4, 0.5) is 5.82 Å². The minimum absolute atomic E-state index is 0.0215. The van der Waals surface area contributed by atoms with Crippen LogP contribution in [0.1, 0.15) is 10.4 Å². The van der Waals surface area contributed by atoms with E-state index in [0.717, 1.165) is 5.82 Å². The molecule has 0 unspecified atom stereocenters. The van der Waals surface area contributed by atoms with Gasteiger partial charge in [0.05, 0.1) is 25.8 Å². The predicted molar refractivity (Wildman–Crippen MR) is 95.6 cm³/mol. The van der Waals surface area contributed by atoms with Gasteiger partial charge in [-0.05, 0) is 18.2 Å². The van der Waals surface area contributed by atoms with E-state index >= 15 is 0 Å². The standard InChI is InChI=1S/C18H22N4O4/c1-25-13-3-4-14(16(7-13)26-2)18(24)21-15-9-22(8-12(15)10-23)17-5-6-19-11-20-17/h3-7,11-12,15,23H,8-10H2,1-2H3,(H,21,24)/t12-,15+/m0/s1. The number of anilines is 1. The normalized spacial score (nSPS) is 19.3. The van der Waals surface area contributed by atoms with E-state index in [9.17, 15) is 9.90 Å². The Morgan fingerprint density at radius 3 is 2.81 bits per heavy atom. The lowest BCUT2D eigenvalue weighted by molar-refractivity contribution is 0.0918. The number of nitrogens with one attached hydrogen (secondary N) is 1. The van der Waals surface area contributed by atoms with E-state index in [-0.39, 0.29) is 24.5 Å². The van der Waals surface area contributed by atoms with Crippen LogP contribution in [0.2, 0.25) is 0 Å². The lowest BCUT2D eigenvalue weighted by Gasteiger charge is -2.19. The third-order valence-electron chi connectivity index (χ3n) is 4.54. The van der Waals surface area contributed by atoms with Gasteiger partial charge in [-0.1, -0.05) is 0 Å². The summed E-state index contributed by atoms with van der Waals surface area (Å²) < 4.78 is 10.5. The highest BCUT2D eigenvalue weighted by atomic mass is 16.5. The summed E-state index contributed by atoms with van der Waals surface area (Å²) in [7, 11) is 3.06. The van der Waals surface area contributed by atoms with E-state index in [1.54, 1.807) is 31.5 Å². The van der Waals surface area contributed by atoms with Gasteiger partial charge >= 0.3 is 0 Å². The molecule has 2 aromatic rings. The lowest BCUT2D eigenvalue weighted by atomic mass is 10.0. The fourth-order valence-electron chi connectivity index (χ4n) is 3.11. The number of rotatable bonds is 6. The van der Waals surface area contributed by atoms with Crippen LogP contribution >= 0.6 is 0 Å².